The molecule has 3 heterocycles. The van der Waals surface area contributed by atoms with Crippen LogP contribution in [0.25, 0.3) is 4.96 Å². The minimum Gasteiger partial charge on any atom is -0.476 e. The summed E-state index contributed by atoms with van der Waals surface area (Å²) in [4.78, 5) is 29.6. The molecule has 10 heteroatoms. The number of hydrogen-bond donors (Lipinski definition) is 1. The molecule has 0 saturated heterocycles. The summed E-state index contributed by atoms with van der Waals surface area (Å²) in [6, 6.07) is 2.82. The first kappa shape index (κ1) is 13.0. The Morgan fingerprint density at radius 1 is 1.52 bits per heavy atom. The number of hydrogen-bond acceptors (Lipinski definition) is 7. The maximum Gasteiger partial charge on any atom is 0.393 e. The topological polar surface area (TPSA) is 120 Å². The molecule has 0 bridgehead atoms. The van der Waals surface area contributed by atoms with Crippen molar-refractivity contribution in [1.82, 2.24) is 14.4 Å². The lowest BCUT2D eigenvalue weighted by atomic mass is 10.3. The van der Waals surface area contributed by atoms with E-state index >= 15 is 0 Å². The van der Waals surface area contributed by atoms with E-state index in [9.17, 15) is 14.9 Å². The fraction of sp³-hybridized carbons (Fsp3) is 0. The van der Waals surface area contributed by atoms with E-state index in [1.54, 1.807) is 5.38 Å². The second-order valence-corrected chi connectivity index (χ2v) is 4.68. The fourth-order valence-corrected chi connectivity index (χ4v) is 2.43. The number of aromatic nitrogens is 3. The predicted molar refractivity (Wildman–Crippen MR) is 71.0 cm³/mol. The molecule has 0 aromatic carbocycles. The molecule has 0 spiro atoms. The van der Waals surface area contributed by atoms with Gasteiger partial charge in [-0.1, -0.05) is 11.3 Å². The van der Waals surface area contributed by atoms with E-state index in [0.29, 0.717) is 4.96 Å². The smallest absolute Gasteiger partial charge is 0.393 e. The highest BCUT2D eigenvalue weighted by molar-refractivity contribution is 7.15. The van der Waals surface area contributed by atoms with Crippen molar-refractivity contribution >= 4 is 28.1 Å². The number of ether oxygens (including phenoxy) is 1. The van der Waals surface area contributed by atoms with Crippen LogP contribution in [0.4, 0.5) is 5.82 Å². The molecule has 9 nitrogen and oxygen atoms in total. The normalized spacial score (nSPS) is 10.7. The summed E-state index contributed by atoms with van der Waals surface area (Å²) in [5.41, 5.74) is -0.344. The van der Waals surface area contributed by atoms with Crippen LogP contribution in [0.1, 0.15) is 10.5 Å². The van der Waals surface area contributed by atoms with Crippen LogP contribution >= 0.6 is 11.3 Å². The molecule has 0 amide bonds. The van der Waals surface area contributed by atoms with E-state index in [1.807, 2.05) is 0 Å². The van der Waals surface area contributed by atoms with Gasteiger partial charge >= 0.3 is 17.7 Å². The number of nitro groups is 1. The SMILES string of the molecule is O=C(O)c1ncccc1Oc1nc2sccn2c1[N+](=O)[O-]. The average molecular weight is 306 g/mol. The van der Waals surface area contributed by atoms with Crippen molar-refractivity contribution in [2.75, 3.05) is 0 Å². The van der Waals surface area contributed by atoms with Gasteiger partial charge in [0.25, 0.3) is 4.96 Å². The van der Waals surface area contributed by atoms with Crippen molar-refractivity contribution in [3.05, 3.63) is 45.7 Å². The highest BCUT2D eigenvalue weighted by Crippen LogP contribution is 2.34. The van der Waals surface area contributed by atoms with Gasteiger partial charge in [-0.2, -0.15) is 9.38 Å². The molecule has 0 atom stereocenters. The number of rotatable bonds is 4. The van der Waals surface area contributed by atoms with E-state index in [4.69, 9.17) is 9.84 Å². The lowest BCUT2D eigenvalue weighted by Crippen LogP contribution is -2.03. The van der Waals surface area contributed by atoms with Gasteiger partial charge in [0.15, 0.2) is 11.4 Å². The third-order valence-corrected chi connectivity index (χ3v) is 3.32. The van der Waals surface area contributed by atoms with E-state index in [2.05, 4.69) is 9.97 Å². The summed E-state index contributed by atoms with van der Waals surface area (Å²) < 4.78 is 6.56. The van der Waals surface area contributed by atoms with E-state index in [1.165, 1.54) is 40.3 Å². The minimum absolute atomic E-state index is 0.112. The van der Waals surface area contributed by atoms with Crippen molar-refractivity contribution in [2.24, 2.45) is 0 Å². The van der Waals surface area contributed by atoms with Gasteiger partial charge in [0.1, 0.15) is 6.20 Å². The Hall–Kier alpha value is -3.01. The molecule has 0 saturated carbocycles. The Morgan fingerprint density at radius 2 is 2.33 bits per heavy atom. The lowest BCUT2D eigenvalue weighted by molar-refractivity contribution is -0.391. The first-order valence-electron chi connectivity index (χ1n) is 5.54. The molecular formula is C11H6N4O5S. The van der Waals surface area contributed by atoms with Crippen LogP contribution in [0, 0.1) is 10.1 Å². The Balaban J connectivity index is 2.10. The quantitative estimate of drug-likeness (QED) is 0.579. The van der Waals surface area contributed by atoms with Crippen LogP contribution in [-0.2, 0) is 0 Å². The molecule has 3 rings (SSSR count). The third kappa shape index (κ3) is 2.17. The molecule has 3 aromatic heterocycles. The molecule has 0 fully saturated rings. The van der Waals surface area contributed by atoms with Gasteiger partial charge in [0, 0.05) is 11.6 Å². The minimum atomic E-state index is -1.30. The van der Waals surface area contributed by atoms with Crippen molar-refractivity contribution in [2.45, 2.75) is 0 Å². The molecule has 3 aromatic rings. The number of carboxylic acid groups (broad SMARTS) is 1. The summed E-state index contributed by atoms with van der Waals surface area (Å²) in [5.74, 6) is -2.05. The number of carboxylic acids is 1. The first-order chi connectivity index (χ1) is 10.1. The molecule has 0 aliphatic carbocycles. The summed E-state index contributed by atoms with van der Waals surface area (Å²) in [5, 5.41) is 21.8. The van der Waals surface area contributed by atoms with Crippen molar-refractivity contribution < 1.29 is 19.6 Å². The summed E-state index contributed by atoms with van der Waals surface area (Å²) in [7, 11) is 0. The van der Waals surface area contributed by atoms with Gasteiger partial charge in [-0.3, -0.25) is 0 Å². The monoisotopic (exact) mass is 306 g/mol. The Morgan fingerprint density at radius 3 is 3.05 bits per heavy atom. The van der Waals surface area contributed by atoms with Crippen LogP contribution in [0.5, 0.6) is 11.6 Å². The molecule has 0 radical (unpaired) electrons. The van der Waals surface area contributed by atoms with Crippen LogP contribution in [0.15, 0.2) is 29.9 Å². The lowest BCUT2D eigenvalue weighted by Gasteiger charge is -2.04. The van der Waals surface area contributed by atoms with Crippen LogP contribution in [0.2, 0.25) is 0 Å². The molecule has 106 valence electrons. The molecule has 1 N–H and O–H groups in total. The first-order valence-corrected chi connectivity index (χ1v) is 6.42. The summed E-state index contributed by atoms with van der Waals surface area (Å²) >= 11 is 1.20. The standard InChI is InChI=1S/C11H6N4O5S/c16-10(17)7-6(2-1-3-12-7)20-8-9(15(18)19)14-4-5-21-11(14)13-8/h1-5H,(H,16,17). The van der Waals surface area contributed by atoms with Gasteiger partial charge in [-0.15, -0.1) is 0 Å². The van der Waals surface area contributed by atoms with Gasteiger partial charge in [-0.05, 0) is 17.1 Å². The van der Waals surface area contributed by atoms with Crippen molar-refractivity contribution in [3.8, 4) is 11.6 Å². The Labute approximate surface area is 120 Å². The number of aromatic carboxylic acids is 1. The van der Waals surface area contributed by atoms with Gasteiger partial charge < -0.3 is 20.0 Å². The third-order valence-electron chi connectivity index (χ3n) is 2.56. The zero-order valence-corrected chi connectivity index (χ0v) is 11.0. The van der Waals surface area contributed by atoms with E-state index in [0.717, 1.165) is 0 Å². The number of carbonyl (C=O) groups is 1. The molecule has 0 aliphatic rings. The number of fused-ring (bicyclic) bond motifs is 1. The molecular weight excluding hydrogens is 300 g/mol. The highest BCUT2D eigenvalue weighted by Gasteiger charge is 2.27. The highest BCUT2D eigenvalue weighted by atomic mass is 32.1. The largest absolute Gasteiger partial charge is 0.476 e. The maximum absolute atomic E-state index is 11.1. The number of thiazole rings is 1. The van der Waals surface area contributed by atoms with Crippen molar-refractivity contribution in [3.63, 3.8) is 0 Å². The second-order valence-electron chi connectivity index (χ2n) is 3.81. The van der Waals surface area contributed by atoms with Crippen LogP contribution in [-0.4, -0.2) is 30.4 Å². The predicted octanol–water partition coefficient (Wildman–Crippen LogP) is 2.19. The number of nitrogens with zero attached hydrogens (tertiary/aromatic N) is 4. The Bertz CT molecular complexity index is 855. The molecule has 0 aliphatic heterocycles. The zero-order chi connectivity index (χ0) is 15.0. The van der Waals surface area contributed by atoms with E-state index in [-0.39, 0.29) is 23.1 Å². The van der Waals surface area contributed by atoms with Crippen LogP contribution < -0.4 is 4.74 Å². The van der Waals surface area contributed by atoms with Crippen molar-refractivity contribution in [1.29, 1.82) is 0 Å². The average Bonchev–Trinajstić information content (AvgIpc) is 2.98. The summed E-state index contributed by atoms with van der Waals surface area (Å²) in [6.45, 7) is 0. The van der Waals surface area contributed by atoms with Gasteiger partial charge in [-0.25, -0.2) is 9.78 Å². The Kier molecular flexibility index (Phi) is 2.99. The van der Waals surface area contributed by atoms with Gasteiger partial charge in [0.2, 0.25) is 0 Å². The number of imidazole rings is 1. The second kappa shape index (κ2) is 4.83. The molecule has 0 unspecified atom stereocenters. The van der Waals surface area contributed by atoms with E-state index < -0.39 is 10.9 Å². The zero-order valence-electron chi connectivity index (χ0n) is 10.2. The summed E-state index contributed by atoms with van der Waals surface area (Å²) in [6.07, 6.45) is 2.77. The maximum atomic E-state index is 11.1. The molecule has 21 heavy (non-hydrogen) atoms. The van der Waals surface area contributed by atoms with Gasteiger partial charge in [0.05, 0.1) is 0 Å². The number of pyridine rings is 1. The van der Waals surface area contributed by atoms with Crippen LogP contribution in [0.3, 0.4) is 0 Å². The fourth-order valence-electron chi connectivity index (χ4n) is 1.73.